The fraction of sp³-hybridized carbons (Fsp3) is 0.667. The van der Waals surface area contributed by atoms with Gasteiger partial charge >= 0.3 is 6.03 Å². The third kappa shape index (κ3) is 2.95. The molecular weight excluding hydrogens is 300 g/mol. The average Bonchev–Trinajstić information content (AvgIpc) is 3.40. The molecule has 2 heterocycles. The van der Waals surface area contributed by atoms with Crippen LogP contribution in [0.25, 0.3) is 0 Å². The minimum atomic E-state index is -0.178. The summed E-state index contributed by atoms with van der Waals surface area (Å²) >= 11 is 1.58. The quantitative estimate of drug-likeness (QED) is 0.866. The summed E-state index contributed by atoms with van der Waals surface area (Å²) < 4.78 is 0. The van der Waals surface area contributed by atoms with Gasteiger partial charge in [-0.1, -0.05) is 0 Å². The van der Waals surface area contributed by atoms with Crippen molar-refractivity contribution in [3.63, 3.8) is 0 Å². The summed E-state index contributed by atoms with van der Waals surface area (Å²) in [5, 5.41) is 8.92. The highest BCUT2D eigenvalue weighted by atomic mass is 32.1. The number of aromatic nitrogens is 1. The topological polar surface area (TPSA) is 74.3 Å². The molecule has 0 radical (unpaired) electrons. The van der Waals surface area contributed by atoms with E-state index in [0.717, 1.165) is 30.7 Å². The van der Waals surface area contributed by atoms with E-state index in [1.54, 1.807) is 17.5 Å². The smallest absolute Gasteiger partial charge is 0.315 e. The summed E-state index contributed by atoms with van der Waals surface area (Å²) in [6, 6.07) is 0.195. The van der Waals surface area contributed by atoms with Crippen LogP contribution in [-0.2, 0) is 4.79 Å². The summed E-state index contributed by atoms with van der Waals surface area (Å²) in [5.74, 6) is 0.677. The van der Waals surface area contributed by atoms with Crippen LogP contribution in [0.4, 0.5) is 4.79 Å². The molecule has 2 saturated carbocycles. The van der Waals surface area contributed by atoms with Gasteiger partial charge in [-0.2, -0.15) is 0 Å². The van der Waals surface area contributed by atoms with Gasteiger partial charge in [0.05, 0.1) is 12.1 Å². The second-order valence-corrected chi connectivity index (χ2v) is 7.41. The van der Waals surface area contributed by atoms with Crippen LogP contribution in [0.3, 0.4) is 0 Å². The Bertz CT molecular complexity index is 568. The Morgan fingerprint density at radius 1 is 1.36 bits per heavy atom. The number of urea groups is 1. The van der Waals surface area contributed by atoms with Gasteiger partial charge in [-0.15, -0.1) is 11.3 Å². The Balaban J connectivity index is 1.33. The molecule has 3 amide bonds. The van der Waals surface area contributed by atoms with E-state index in [9.17, 15) is 9.59 Å². The number of hydrogen-bond acceptors (Lipinski definition) is 4. The highest BCUT2D eigenvalue weighted by molar-refractivity contribution is 7.09. The zero-order valence-corrected chi connectivity index (χ0v) is 13.1. The van der Waals surface area contributed by atoms with E-state index in [4.69, 9.17) is 0 Å². The minimum absolute atomic E-state index is 0.0108. The monoisotopic (exact) mass is 320 g/mol. The summed E-state index contributed by atoms with van der Waals surface area (Å²) in [6.07, 6.45) is 6.70. The van der Waals surface area contributed by atoms with Crippen LogP contribution >= 0.6 is 11.3 Å². The fourth-order valence-corrected chi connectivity index (χ4v) is 3.92. The van der Waals surface area contributed by atoms with Crippen molar-refractivity contribution >= 4 is 23.3 Å². The first-order chi connectivity index (χ1) is 10.7. The van der Waals surface area contributed by atoms with Crippen LogP contribution in [-0.4, -0.2) is 40.5 Å². The van der Waals surface area contributed by atoms with E-state index in [1.807, 2.05) is 10.3 Å². The van der Waals surface area contributed by atoms with Gasteiger partial charge in [0.15, 0.2) is 0 Å². The average molecular weight is 320 g/mol. The Morgan fingerprint density at radius 2 is 2.18 bits per heavy atom. The SMILES string of the molecule is O=C(NC1CC(=O)N(C2CC2)C1)NC(c1nccs1)C1CC1. The Kier molecular flexibility index (Phi) is 3.52. The molecule has 2 N–H and O–H groups in total. The van der Waals surface area contributed by atoms with Gasteiger partial charge in [0.2, 0.25) is 5.91 Å². The molecule has 1 aromatic rings. The summed E-state index contributed by atoms with van der Waals surface area (Å²) in [6.45, 7) is 0.655. The first-order valence-electron chi connectivity index (χ1n) is 7.96. The van der Waals surface area contributed by atoms with Crippen molar-refractivity contribution in [2.24, 2.45) is 5.92 Å². The molecule has 1 saturated heterocycles. The third-order valence-electron chi connectivity index (χ3n) is 4.58. The lowest BCUT2D eigenvalue weighted by Gasteiger charge is -2.19. The van der Waals surface area contributed by atoms with Crippen molar-refractivity contribution < 1.29 is 9.59 Å². The lowest BCUT2D eigenvalue weighted by molar-refractivity contribution is -0.128. The van der Waals surface area contributed by atoms with Gasteiger partial charge in [0.25, 0.3) is 0 Å². The molecule has 4 rings (SSSR count). The summed E-state index contributed by atoms with van der Waals surface area (Å²) in [5.41, 5.74) is 0. The molecule has 118 valence electrons. The first-order valence-corrected chi connectivity index (χ1v) is 8.84. The molecule has 1 aliphatic heterocycles. The maximum atomic E-state index is 12.3. The molecular formula is C15H20N4O2S. The van der Waals surface area contributed by atoms with E-state index in [0.29, 0.717) is 24.9 Å². The van der Waals surface area contributed by atoms with Gasteiger partial charge in [-0.05, 0) is 31.6 Å². The van der Waals surface area contributed by atoms with Crippen molar-refractivity contribution in [2.75, 3.05) is 6.54 Å². The molecule has 7 heteroatoms. The van der Waals surface area contributed by atoms with Crippen molar-refractivity contribution in [2.45, 2.75) is 50.2 Å². The zero-order valence-electron chi connectivity index (χ0n) is 12.3. The lowest BCUT2D eigenvalue weighted by atomic mass is 10.2. The van der Waals surface area contributed by atoms with Crippen LogP contribution in [0.5, 0.6) is 0 Å². The number of nitrogens with zero attached hydrogens (tertiary/aromatic N) is 2. The number of likely N-dealkylation sites (tertiary alicyclic amines) is 1. The number of nitrogens with one attached hydrogen (secondary N) is 2. The minimum Gasteiger partial charge on any atom is -0.338 e. The third-order valence-corrected chi connectivity index (χ3v) is 5.44. The molecule has 2 atom stereocenters. The lowest BCUT2D eigenvalue weighted by Crippen LogP contribution is -2.45. The predicted octanol–water partition coefficient (Wildman–Crippen LogP) is 1.66. The molecule has 6 nitrogen and oxygen atoms in total. The Morgan fingerprint density at radius 3 is 2.82 bits per heavy atom. The van der Waals surface area contributed by atoms with Gasteiger partial charge in [0, 0.05) is 30.6 Å². The maximum absolute atomic E-state index is 12.3. The van der Waals surface area contributed by atoms with Gasteiger partial charge in [0.1, 0.15) is 5.01 Å². The van der Waals surface area contributed by atoms with E-state index in [-0.39, 0.29) is 24.0 Å². The van der Waals surface area contributed by atoms with Crippen LogP contribution in [0.2, 0.25) is 0 Å². The van der Waals surface area contributed by atoms with E-state index in [2.05, 4.69) is 15.6 Å². The zero-order chi connectivity index (χ0) is 15.1. The van der Waals surface area contributed by atoms with Crippen LogP contribution < -0.4 is 10.6 Å². The highest BCUT2D eigenvalue weighted by Gasteiger charge is 2.40. The number of carbonyl (C=O) groups excluding carboxylic acids is 2. The van der Waals surface area contributed by atoms with Gasteiger partial charge in [-0.25, -0.2) is 9.78 Å². The van der Waals surface area contributed by atoms with Crippen LogP contribution in [0.1, 0.15) is 43.2 Å². The fourth-order valence-electron chi connectivity index (χ4n) is 3.13. The molecule has 0 spiro atoms. The van der Waals surface area contributed by atoms with Crippen LogP contribution in [0, 0.1) is 5.92 Å². The molecule has 1 aromatic heterocycles. The van der Waals surface area contributed by atoms with E-state index in [1.165, 1.54) is 0 Å². The van der Waals surface area contributed by atoms with Crippen molar-refractivity contribution in [1.82, 2.24) is 20.5 Å². The molecule has 3 fully saturated rings. The standard InChI is InChI=1S/C15H20N4O2S/c20-12-7-10(8-19(12)11-3-4-11)17-15(21)18-13(9-1-2-9)14-16-5-6-22-14/h5-6,9-11,13H,1-4,7-8H2,(H2,17,18,21). The predicted molar refractivity (Wildman–Crippen MR) is 82.4 cm³/mol. The molecule has 22 heavy (non-hydrogen) atoms. The normalized spacial score (nSPS) is 26.1. The second kappa shape index (κ2) is 5.53. The van der Waals surface area contributed by atoms with E-state index >= 15 is 0 Å². The van der Waals surface area contributed by atoms with Gasteiger partial charge in [-0.3, -0.25) is 4.79 Å². The maximum Gasteiger partial charge on any atom is 0.315 e. The molecule has 3 aliphatic rings. The number of carbonyl (C=O) groups is 2. The molecule has 2 aliphatic carbocycles. The van der Waals surface area contributed by atoms with E-state index < -0.39 is 0 Å². The first kappa shape index (κ1) is 14.0. The number of rotatable bonds is 5. The summed E-state index contributed by atoms with van der Waals surface area (Å²) in [4.78, 5) is 30.4. The van der Waals surface area contributed by atoms with Crippen LogP contribution in [0.15, 0.2) is 11.6 Å². The summed E-state index contributed by atoms with van der Waals surface area (Å²) in [7, 11) is 0. The van der Waals surface area contributed by atoms with Gasteiger partial charge < -0.3 is 15.5 Å². The van der Waals surface area contributed by atoms with Crippen molar-refractivity contribution in [1.29, 1.82) is 0 Å². The Hall–Kier alpha value is -1.63. The number of hydrogen-bond donors (Lipinski definition) is 2. The van der Waals surface area contributed by atoms with Crippen molar-refractivity contribution in [3.05, 3.63) is 16.6 Å². The highest BCUT2D eigenvalue weighted by Crippen LogP contribution is 2.41. The van der Waals surface area contributed by atoms with Crippen molar-refractivity contribution in [3.8, 4) is 0 Å². The molecule has 2 unspecified atom stereocenters. The largest absolute Gasteiger partial charge is 0.338 e. The Labute approximate surface area is 133 Å². The molecule has 0 bridgehead atoms. The number of amides is 3. The number of thiazole rings is 1. The molecule has 0 aromatic carbocycles. The second-order valence-electron chi connectivity index (χ2n) is 6.48.